The van der Waals surface area contributed by atoms with Crippen molar-refractivity contribution in [2.24, 2.45) is 17.6 Å². The summed E-state index contributed by atoms with van der Waals surface area (Å²) in [5.41, 5.74) is 2.35. The van der Waals surface area contributed by atoms with Gasteiger partial charge in [0, 0.05) is 17.1 Å². The lowest BCUT2D eigenvalue weighted by molar-refractivity contribution is -0.169. The molecule has 3 aliphatic carbocycles. The Morgan fingerprint density at radius 3 is 2.19 bits per heavy atom. The smallest absolute Gasteiger partial charge is 0.255 e. The summed E-state index contributed by atoms with van der Waals surface area (Å²) in [6.07, 6.45) is -1.61. The van der Waals surface area contributed by atoms with Crippen molar-refractivity contribution in [3.05, 3.63) is 45.2 Å². The van der Waals surface area contributed by atoms with Crippen LogP contribution in [0, 0.1) is 18.8 Å². The van der Waals surface area contributed by atoms with E-state index in [1.54, 1.807) is 19.9 Å². The minimum Gasteiger partial charge on any atom is -0.508 e. The van der Waals surface area contributed by atoms with Crippen LogP contribution in [-0.2, 0) is 19.8 Å². The summed E-state index contributed by atoms with van der Waals surface area (Å²) >= 11 is 0. The topological polar surface area (TPSA) is 182 Å². The Bertz CT molecular complexity index is 1320. The van der Waals surface area contributed by atoms with Gasteiger partial charge < -0.3 is 31.3 Å². The third-order valence-corrected chi connectivity index (χ3v) is 8.24. The SMILES string of the molecule is Cc1cc(C(C)(C)C)c(O)c2c1[C@@H](C)[C@H]1C(=C2O)C(=O)[C@@]2(O)C(O)=C(C(N)=O)C(=O)[C@H](N(C)C)[C@H]2[C@@H]1O. The summed E-state index contributed by atoms with van der Waals surface area (Å²) in [6, 6.07) is 0.425. The van der Waals surface area contributed by atoms with Crippen LogP contribution in [0.1, 0.15) is 55.9 Å². The number of nitrogens with two attached hydrogens (primary N) is 1. The number of phenols is 1. The summed E-state index contributed by atoms with van der Waals surface area (Å²) in [5, 5.41) is 57.1. The first-order valence-corrected chi connectivity index (χ1v) is 12.1. The van der Waals surface area contributed by atoms with Crippen molar-refractivity contribution < 1.29 is 39.9 Å². The number of rotatable bonds is 2. The lowest BCUT2D eigenvalue weighted by Crippen LogP contribution is -2.70. The number of benzene rings is 1. The summed E-state index contributed by atoms with van der Waals surface area (Å²) in [6.45, 7) is 9.16. The Morgan fingerprint density at radius 1 is 1.14 bits per heavy atom. The van der Waals surface area contributed by atoms with Crippen molar-refractivity contribution in [1.82, 2.24) is 4.90 Å². The number of nitrogens with zero attached hydrogens (tertiary/aromatic N) is 1. The maximum atomic E-state index is 14.0. The number of likely N-dealkylation sites (N-methyl/N-ethyl adjacent to an activating group) is 1. The molecule has 10 nitrogen and oxygen atoms in total. The molecule has 0 spiro atoms. The number of hydrogen-bond donors (Lipinski definition) is 6. The largest absolute Gasteiger partial charge is 0.508 e. The molecule has 0 aromatic heterocycles. The molecule has 3 aliphatic rings. The van der Waals surface area contributed by atoms with Crippen molar-refractivity contribution in [2.45, 2.75) is 63.7 Å². The van der Waals surface area contributed by atoms with Crippen LogP contribution in [0.3, 0.4) is 0 Å². The normalized spacial score (nSPS) is 31.9. The van der Waals surface area contributed by atoms with Crippen molar-refractivity contribution in [1.29, 1.82) is 0 Å². The van der Waals surface area contributed by atoms with Crippen molar-refractivity contribution >= 4 is 23.2 Å². The maximum Gasteiger partial charge on any atom is 0.255 e. The van der Waals surface area contributed by atoms with Crippen LogP contribution in [0.4, 0.5) is 0 Å². The van der Waals surface area contributed by atoms with E-state index >= 15 is 0 Å². The molecule has 1 amide bonds. The van der Waals surface area contributed by atoms with Crippen LogP contribution in [0.2, 0.25) is 0 Å². The third-order valence-electron chi connectivity index (χ3n) is 8.24. The van der Waals surface area contributed by atoms with Gasteiger partial charge in [-0.05, 0) is 43.5 Å². The van der Waals surface area contributed by atoms with Crippen molar-refractivity contribution in [3.8, 4) is 5.75 Å². The second-order valence-electron chi connectivity index (χ2n) is 11.7. The molecule has 7 N–H and O–H groups in total. The number of phenolic OH excluding ortho intramolecular Hbond substituents is 1. The standard InChI is InChI=1S/C27H34N2O8/c1-9-8-11(26(3,4)5)19(30)14-12(9)10(2)13-15(20(14)31)23(34)27(37)17(21(13)32)18(29(6)7)22(33)16(24(27)35)25(28)36/h8,10,13,17-18,21,30-32,35,37H,1-7H3,(H2,28,36)/t10-,13+,17+,18-,21-,27-/m1/s1. The maximum absolute atomic E-state index is 14.0. The van der Waals surface area contributed by atoms with Crippen LogP contribution in [0.25, 0.3) is 5.76 Å². The number of carbonyl (C=O) groups excluding carboxylic acids is 3. The first kappa shape index (κ1) is 26.8. The van der Waals surface area contributed by atoms with Gasteiger partial charge in [0.1, 0.15) is 22.8 Å². The highest BCUT2D eigenvalue weighted by Gasteiger charge is 2.68. The predicted molar refractivity (Wildman–Crippen MR) is 134 cm³/mol. The minimum atomic E-state index is -2.92. The highest BCUT2D eigenvalue weighted by Crippen LogP contribution is 2.57. The molecular weight excluding hydrogens is 480 g/mol. The molecule has 200 valence electrons. The molecule has 0 radical (unpaired) electrons. The van der Waals surface area contributed by atoms with E-state index in [0.29, 0.717) is 11.1 Å². The summed E-state index contributed by atoms with van der Waals surface area (Å²) in [5.74, 6) is -8.84. The van der Waals surface area contributed by atoms with Gasteiger partial charge in [0.2, 0.25) is 5.78 Å². The fraction of sp³-hybridized carbons (Fsp3) is 0.519. The first-order valence-electron chi connectivity index (χ1n) is 12.1. The van der Waals surface area contributed by atoms with Gasteiger partial charge in [0.05, 0.1) is 23.6 Å². The number of aryl methyl sites for hydroxylation is 1. The predicted octanol–water partition coefficient (Wildman–Crippen LogP) is 1.10. The number of Topliss-reactive ketones (excluding diaryl/α,β-unsaturated/α-hetero) is 2. The lowest BCUT2D eigenvalue weighted by Gasteiger charge is -2.54. The Morgan fingerprint density at radius 2 is 1.70 bits per heavy atom. The fourth-order valence-corrected chi connectivity index (χ4v) is 6.59. The monoisotopic (exact) mass is 514 g/mol. The van der Waals surface area contributed by atoms with E-state index in [1.165, 1.54) is 19.0 Å². The molecule has 0 bridgehead atoms. The van der Waals surface area contributed by atoms with Gasteiger partial charge in [-0.15, -0.1) is 0 Å². The van der Waals surface area contributed by atoms with E-state index in [9.17, 15) is 39.9 Å². The average Bonchev–Trinajstić information content (AvgIpc) is 2.76. The van der Waals surface area contributed by atoms with Crippen molar-refractivity contribution in [2.75, 3.05) is 14.1 Å². The number of ketones is 2. The summed E-state index contributed by atoms with van der Waals surface area (Å²) < 4.78 is 0. The quantitative estimate of drug-likeness (QED) is 0.315. The van der Waals surface area contributed by atoms with Crippen molar-refractivity contribution in [3.63, 3.8) is 0 Å². The molecular formula is C27H34N2O8. The summed E-state index contributed by atoms with van der Waals surface area (Å²) in [4.78, 5) is 40.7. The van der Waals surface area contributed by atoms with E-state index in [0.717, 1.165) is 5.56 Å². The molecule has 1 fully saturated rings. The average molecular weight is 515 g/mol. The molecule has 1 aromatic carbocycles. The Labute approximate surface area is 214 Å². The van der Waals surface area contributed by atoms with Crippen LogP contribution < -0.4 is 5.73 Å². The van der Waals surface area contributed by atoms with Gasteiger partial charge >= 0.3 is 0 Å². The van der Waals surface area contributed by atoms with E-state index in [4.69, 9.17) is 5.73 Å². The molecule has 0 aliphatic heterocycles. The van der Waals surface area contributed by atoms with Gasteiger partial charge in [-0.25, -0.2) is 0 Å². The van der Waals surface area contributed by atoms with E-state index in [1.807, 2.05) is 20.8 Å². The van der Waals surface area contributed by atoms with Crippen LogP contribution in [-0.4, -0.2) is 79.7 Å². The molecule has 6 atom stereocenters. The number of hydrogen-bond acceptors (Lipinski definition) is 9. The lowest BCUT2D eigenvalue weighted by atomic mass is 9.54. The molecule has 1 aromatic rings. The van der Waals surface area contributed by atoms with Crippen LogP contribution >= 0.6 is 0 Å². The van der Waals surface area contributed by atoms with Gasteiger partial charge in [-0.3, -0.25) is 19.3 Å². The number of fused-ring (bicyclic) bond motifs is 3. The number of primary amides is 1. The third kappa shape index (κ3) is 3.32. The molecule has 1 saturated carbocycles. The second kappa shape index (κ2) is 8.14. The fourth-order valence-electron chi connectivity index (χ4n) is 6.59. The number of aliphatic hydroxyl groups excluding tert-OH is 3. The Balaban J connectivity index is 2.10. The van der Waals surface area contributed by atoms with E-state index in [2.05, 4.69) is 0 Å². The zero-order valence-corrected chi connectivity index (χ0v) is 21.9. The molecule has 0 saturated heterocycles. The van der Waals surface area contributed by atoms with Gasteiger partial charge in [0.25, 0.3) is 5.91 Å². The number of aliphatic hydroxyl groups is 4. The molecule has 4 rings (SSSR count). The number of carbonyl (C=O) groups is 3. The zero-order chi connectivity index (χ0) is 28.1. The van der Waals surface area contributed by atoms with Crippen LogP contribution in [0.5, 0.6) is 5.75 Å². The number of amides is 1. The minimum absolute atomic E-state index is 0.0147. The zero-order valence-electron chi connectivity index (χ0n) is 21.9. The summed E-state index contributed by atoms with van der Waals surface area (Å²) in [7, 11) is 2.94. The second-order valence-corrected chi connectivity index (χ2v) is 11.7. The van der Waals surface area contributed by atoms with E-state index < -0.39 is 81.1 Å². The molecule has 0 unspecified atom stereocenters. The first-order chi connectivity index (χ1) is 16.9. The number of aromatic hydroxyl groups is 1. The highest BCUT2D eigenvalue weighted by molar-refractivity contribution is 6.24. The van der Waals surface area contributed by atoms with Crippen LogP contribution in [0.15, 0.2) is 23.0 Å². The highest BCUT2D eigenvalue weighted by atomic mass is 16.4. The molecule has 37 heavy (non-hydrogen) atoms. The van der Waals surface area contributed by atoms with Gasteiger partial charge in [-0.1, -0.05) is 33.8 Å². The van der Waals surface area contributed by atoms with E-state index in [-0.39, 0.29) is 11.3 Å². The molecule has 0 heterocycles. The Hall–Kier alpha value is -3.21. The molecule has 10 heteroatoms. The van der Waals surface area contributed by atoms with Gasteiger partial charge in [0.15, 0.2) is 11.4 Å². The Kier molecular flexibility index (Phi) is 5.91. The van der Waals surface area contributed by atoms with Gasteiger partial charge in [-0.2, -0.15) is 0 Å².